The Balaban J connectivity index is 1.73. The number of alkyl halides is 3. The predicted octanol–water partition coefficient (Wildman–Crippen LogP) is 6.45. The molecule has 0 fully saturated rings. The predicted molar refractivity (Wildman–Crippen MR) is 114 cm³/mol. The van der Waals surface area contributed by atoms with E-state index in [0.717, 1.165) is 36.1 Å². The Kier molecular flexibility index (Phi) is 7.18. The zero-order chi connectivity index (χ0) is 22.3. The first kappa shape index (κ1) is 22.2. The fourth-order valence-electron chi connectivity index (χ4n) is 3.21. The van der Waals surface area contributed by atoms with Gasteiger partial charge < -0.3 is 15.4 Å². The number of aryl methyl sites for hydroxylation is 1. The second-order valence-corrected chi connectivity index (χ2v) is 7.01. The summed E-state index contributed by atoms with van der Waals surface area (Å²) in [7, 11) is 0. The molecule has 2 amide bonds. The molecule has 0 aromatic heterocycles. The first-order valence-electron chi connectivity index (χ1n) is 9.91. The molecular formula is C24H23F3N2O2. The fourth-order valence-corrected chi connectivity index (χ4v) is 3.21. The van der Waals surface area contributed by atoms with Gasteiger partial charge in [0.25, 0.3) is 0 Å². The summed E-state index contributed by atoms with van der Waals surface area (Å²) in [5.74, 6) is -0.354. The van der Waals surface area contributed by atoms with E-state index < -0.39 is 12.4 Å². The van der Waals surface area contributed by atoms with Gasteiger partial charge in [0.2, 0.25) is 0 Å². The number of ether oxygens (including phenoxy) is 1. The molecule has 31 heavy (non-hydrogen) atoms. The van der Waals surface area contributed by atoms with Crippen molar-refractivity contribution in [1.29, 1.82) is 0 Å². The van der Waals surface area contributed by atoms with E-state index in [9.17, 15) is 18.0 Å². The number of carbonyl (C=O) groups is 1. The van der Waals surface area contributed by atoms with Gasteiger partial charge in [-0.2, -0.15) is 0 Å². The Labute approximate surface area is 179 Å². The van der Waals surface area contributed by atoms with Gasteiger partial charge in [-0.25, -0.2) is 4.79 Å². The Bertz CT molecular complexity index is 972. The monoisotopic (exact) mass is 428 g/mol. The van der Waals surface area contributed by atoms with Gasteiger partial charge in [-0.3, -0.25) is 0 Å². The van der Waals surface area contributed by atoms with Gasteiger partial charge in [-0.05, 0) is 47.4 Å². The molecule has 1 unspecified atom stereocenters. The zero-order valence-electron chi connectivity index (χ0n) is 16.9. The highest BCUT2D eigenvalue weighted by molar-refractivity contribution is 5.89. The highest BCUT2D eigenvalue weighted by Gasteiger charge is 2.31. The molecular weight excluding hydrogens is 405 g/mol. The zero-order valence-corrected chi connectivity index (χ0v) is 16.9. The SMILES string of the molecule is CCCc1ccc(C(NC(=O)Nc2ccc(OC(F)(F)F)cc2)c2ccccc2)cc1. The molecule has 0 bridgehead atoms. The van der Waals surface area contributed by atoms with Crippen LogP contribution in [-0.2, 0) is 6.42 Å². The van der Waals surface area contributed by atoms with Crippen molar-refractivity contribution >= 4 is 11.7 Å². The molecule has 0 spiro atoms. The van der Waals surface area contributed by atoms with Gasteiger partial charge in [0, 0.05) is 5.69 Å². The number of benzene rings is 3. The van der Waals surface area contributed by atoms with E-state index in [-0.39, 0.29) is 11.8 Å². The molecule has 0 aliphatic rings. The third kappa shape index (κ3) is 6.77. The standard InChI is InChI=1S/C24H23F3N2O2/c1-2-6-17-9-11-19(12-10-17)22(18-7-4-3-5-8-18)29-23(30)28-20-13-15-21(16-14-20)31-24(25,26)27/h3-5,7-16,22H,2,6H2,1H3,(H2,28,29,30). The lowest BCUT2D eigenvalue weighted by molar-refractivity contribution is -0.274. The lowest BCUT2D eigenvalue weighted by Gasteiger charge is -2.21. The van der Waals surface area contributed by atoms with Crippen molar-refractivity contribution in [3.8, 4) is 5.75 Å². The number of nitrogens with one attached hydrogen (secondary N) is 2. The first-order valence-corrected chi connectivity index (χ1v) is 9.91. The van der Waals surface area contributed by atoms with Crippen LogP contribution in [0.15, 0.2) is 78.9 Å². The lowest BCUT2D eigenvalue weighted by atomic mass is 9.97. The summed E-state index contributed by atoms with van der Waals surface area (Å²) in [6.45, 7) is 2.12. The first-order chi connectivity index (χ1) is 14.8. The molecule has 0 heterocycles. The minimum atomic E-state index is -4.76. The molecule has 2 N–H and O–H groups in total. The van der Waals surface area contributed by atoms with Crippen LogP contribution in [0.4, 0.5) is 23.7 Å². The molecule has 3 aromatic carbocycles. The molecule has 0 saturated carbocycles. The smallest absolute Gasteiger partial charge is 0.406 e. The lowest BCUT2D eigenvalue weighted by Crippen LogP contribution is -2.33. The number of anilines is 1. The van der Waals surface area contributed by atoms with E-state index in [2.05, 4.69) is 22.3 Å². The molecule has 0 radical (unpaired) electrons. The van der Waals surface area contributed by atoms with Crippen LogP contribution < -0.4 is 15.4 Å². The van der Waals surface area contributed by atoms with Crippen molar-refractivity contribution in [2.75, 3.05) is 5.32 Å². The van der Waals surface area contributed by atoms with Crippen molar-refractivity contribution in [1.82, 2.24) is 5.32 Å². The summed E-state index contributed by atoms with van der Waals surface area (Å²) >= 11 is 0. The van der Waals surface area contributed by atoms with Crippen LogP contribution in [0.5, 0.6) is 5.75 Å². The maximum Gasteiger partial charge on any atom is 0.573 e. The second-order valence-electron chi connectivity index (χ2n) is 7.01. The number of amides is 2. The summed E-state index contributed by atoms with van der Waals surface area (Å²) in [5, 5.41) is 5.59. The van der Waals surface area contributed by atoms with Gasteiger partial charge in [0.15, 0.2) is 0 Å². The summed E-state index contributed by atoms with van der Waals surface area (Å²) in [6.07, 6.45) is -2.73. The highest BCUT2D eigenvalue weighted by atomic mass is 19.4. The molecule has 4 nitrogen and oxygen atoms in total. The van der Waals surface area contributed by atoms with Crippen molar-refractivity contribution in [2.24, 2.45) is 0 Å². The maximum atomic E-state index is 12.6. The number of urea groups is 1. The van der Waals surface area contributed by atoms with Crippen LogP contribution in [0.2, 0.25) is 0 Å². The van der Waals surface area contributed by atoms with Gasteiger partial charge in [0.05, 0.1) is 6.04 Å². The van der Waals surface area contributed by atoms with E-state index in [4.69, 9.17) is 0 Å². The van der Waals surface area contributed by atoms with Crippen LogP contribution in [0, 0.1) is 0 Å². The van der Waals surface area contributed by atoms with Crippen LogP contribution >= 0.6 is 0 Å². The molecule has 1 atom stereocenters. The van der Waals surface area contributed by atoms with Crippen LogP contribution in [0.1, 0.15) is 36.1 Å². The largest absolute Gasteiger partial charge is 0.573 e. The number of carbonyl (C=O) groups excluding carboxylic acids is 1. The fraction of sp³-hybridized carbons (Fsp3) is 0.208. The number of hydrogen-bond donors (Lipinski definition) is 2. The molecule has 162 valence electrons. The minimum Gasteiger partial charge on any atom is -0.406 e. The third-order valence-corrected chi connectivity index (χ3v) is 4.61. The number of halogens is 3. The van der Waals surface area contributed by atoms with Crippen LogP contribution in [0.3, 0.4) is 0 Å². The van der Waals surface area contributed by atoms with E-state index in [1.54, 1.807) is 0 Å². The molecule has 0 aliphatic heterocycles. The van der Waals surface area contributed by atoms with Gasteiger partial charge in [-0.1, -0.05) is 67.9 Å². The van der Waals surface area contributed by atoms with Crippen molar-refractivity contribution in [3.05, 3.63) is 95.6 Å². The molecule has 0 saturated heterocycles. The Hall–Kier alpha value is -3.48. The van der Waals surface area contributed by atoms with Gasteiger partial charge in [-0.15, -0.1) is 13.2 Å². The number of hydrogen-bond acceptors (Lipinski definition) is 2. The normalized spacial score (nSPS) is 12.1. The summed E-state index contributed by atoms with van der Waals surface area (Å²) < 4.78 is 40.7. The van der Waals surface area contributed by atoms with E-state index >= 15 is 0 Å². The van der Waals surface area contributed by atoms with Crippen LogP contribution in [0.25, 0.3) is 0 Å². The Morgan fingerprint density at radius 3 is 2.10 bits per heavy atom. The Morgan fingerprint density at radius 1 is 0.903 bits per heavy atom. The van der Waals surface area contributed by atoms with Gasteiger partial charge in [0.1, 0.15) is 5.75 Å². The van der Waals surface area contributed by atoms with E-state index in [1.165, 1.54) is 17.7 Å². The summed E-state index contributed by atoms with van der Waals surface area (Å²) in [5.41, 5.74) is 3.41. The number of rotatable bonds is 7. The second kappa shape index (κ2) is 10.0. The van der Waals surface area contributed by atoms with Crippen molar-refractivity contribution in [2.45, 2.75) is 32.2 Å². The van der Waals surface area contributed by atoms with Gasteiger partial charge >= 0.3 is 12.4 Å². The Morgan fingerprint density at radius 2 is 1.52 bits per heavy atom. The van der Waals surface area contributed by atoms with Crippen molar-refractivity contribution < 1.29 is 22.7 Å². The molecule has 3 aromatic rings. The van der Waals surface area contributed by atoms with E-state index in [1.807, 2.05) is 54.6 Å². The summed E-state index contributed by atoms with van der Waals surface area (Å²) in [4.78, 5) is 12.6. The average Bonchev–Trinajstić information content (AvgIpc) is 2.74. The van der Waals surface area contributed by atoms with E-state index in [0.29, 0.717) is 5.69 Å². The van der Waals surface area contributed by atoms with Crippen molar-refractivity contribution in [3.63, 3.8) is 0 Å². The van der Waals surface area contributed by atoms with Crippen LogP contribution in [-0.4, -0.2) is 12.4 Å². The minimum absolute atomic E-state index is 0.345. The molecule has 0 aliphatic carbocycles. The molecule has 7 heteroatoms. The average molecular weight is 428 g/mol. The molecule has 3 rings (SSSR count). The maximum absolute atomic E-state index is 12.6. The topological polar surface area (TPSA) is 50.4 Å². The third-order valence-electron chi connectivity index (χ3n) is 4.61. The quantitative estimate of drug-likeness (QED) is 0.454. The summed E-state index contributed by atoms with van der Waals surface area (Å²) in [6, 6.07) is 21.7. The highest BCUT2D eigenvalue weighted by Crippen LogP contribution is 2.25.